The van der Waals surface area contributed by atoms with Crippen LogP contribution in [0.4, 0.5) is 0 Å². The number of nitrogens with zero attached hydrogens (tertiary/aromatic N) is 3. The fourth-order valence-corrected chi connectivity index (χ4v) is 4.69. The van der Waals surface area contributed by atoms with Crippen molar-refractivity contribution in [3.05, 3.63) is 46.5 Å². The predicted molar refractivity (Wildman–Crippen MR) is 103 cm³/mol. The van der Waals surface area contributed by atoms with E-state index < -0.39 is 0 Å². The Morgan fingerprint density at radius 1 is 1.08 bits per heavy atom. The second-order valence-corrected chi connectivity index (χ2v) is 7.85. The number of hydrogen-bond donors (Lipinski definition) is 0. The van der Waals surface area contributed by atoms with Crippen molar-refractivity contribution in [3.8, 4) is 5.69 Å². The van der Waals surface area contributed by atoms with Gasteiger partial charge in [0.05, 0.1) is 16.3 Å². The zero-order chi connectivity index (χ0) is 17.4. The quantitative estimate of drug-likeness (QED) is 0.668. The molecular weight excluding hydrogens is 330 g/mol. The Balaban J connectivity index is 1.74. The maximum atomic E-state index is 13.0. The van der Waals surface area contributed by atoms with Crippen molar-refractivity contribution in [1.82, 2.24) is 14.7 Å². The number of aromatic nitrogens is 2. The Hall–Kier alpha value is -2.14. The molecule has 0 N–H and O–H groups in total. The number of benzene rings is 1. The highest BCUT2D eigenvalue weighted by Gasteiger charge is 2.22. The van der Waals surface area contributed by atoms with Gasteiger partial charge in [-0.15, -0.1) is 11.3 Å². The molecule has 0 radical (unpaired) electrons. The molecule has 2 aromatic heterocycles. The highest BCUT2D eigenvalue weighted by Crippen LogP contribution is 2.32. The van der Waals surface area contributed by atoms with Gasteiger partial charge in [-0.05, 0) is 44.4 Å². The van der Waals surface area contributed by atoms with E-state index in [-0.39, 0.29) is 5.91 Å². The summed E-state index contributed by atoms with van der Waals surface area (Å²) in [6.07, 6.45) is 4.70. The van der Waals surface area contributed by atoms with Crippen LogP contribution in [0.2, 0.25) is 0 Å². The molecule has 1 aromatic carbocycles. The van der Waals surface area contributed by atoms with Gasteiger partial charge in [0.25, 0.3) is 5.91 Å². The van der Waals surface area contributed by atoms with Crippen LogP contribution in [0.1, 0.15) is 46.6 Å². The first kappa shape index (κ1) is 16.3. The monoisotopic (exact) mass is 353 g/mol. The van der Waals surface area contributed by atoms with E-state index in [9.17, 15) is 4.79 Å². The Kier molecular flexibility index (Phi) is 4.34. The van der Waals surface area contributed by atoms with Crippen LogP contribution in [0.15, 0.2) is 30.3 Å². The second kappa shape index (κ2) is 6.64. The molecule has 130 valence electrons. The standard InChI is InChI=1S/C20H23N3OS/c1-14-9-5-6-10-17(14)23-20-16(15(2)21-23)13-18(25-20)19(24)22-11-7-3-4-8-12-22/h5-6,9-10,13H,3-4,7-8,11-12H2,1-2H3. The zero-order valence-corrected chi connectivity index (χ0v) is 15.6. The molecule has 1 aliphatic heterocycles. The molecule has 0 spiro atoms. The first-order valence-corrected chi connectivity index (χ1v) is 9.81. The molecule has 0 saturated carbocycles. The summed E-state index contributed by atoms with van der Waals surface area (Å²) < 4.78 is 1.99. The second-order valence-electron chi connectivity index (χ2n) is 6.82. The molecule has 4 nitrogen and oxygen atoms in total. The number of carbonyl (C=O) groups excluding carboxylic acids is 1. The molecule has 1 saturated heterocycles. The van der Waals surface area contributed by atoms with Crippen LogP contribution in [0.5, 0.6) is 0 Å². The van der Waals surface area contributed by atoms with Gasteiger partial charge in [0.2, 0.25) is 0 Å². The maximum Gasteiger partial charge on any atom is 0.264 e. The van der Waals surface area contributed by atoms with E-state index in [1.807, 2.05) is 34.7 Å². The van der Waals surface area contributed by atoms with E-state index in [4.69, 9.17) is 5.10 Å². The summed E-state index contributed by atoms with van der Waals surface area (Å²) in [5.74, 6) is 0.179. The highest BCUT2D eigenvalue weighted by atomic mass is 32.1. The van der Waals surface area contributed by atoms with Crippen LogP contribution in [-0.2, 0) is 0 Å². The number of rotatable bonds is 2. The third-order valence-corrected chi connectivity index (χ3v) is 6.09. The van der Waals surface area contributed by atoms with Gasteiger partial charge in [-0.1, -0.05) is 31.0 Å². The van der Waals surface area contributed by atoms with Crippen molar-refractivity contribution in [2.45, 2.75) is 39.5 Å². The first-order valence-electron chi connectivity index (χ1n) is 8.99. The average molecular weight is 353 g/mol. The van der Waals surface area contributed by atoms with Crippen molar-refractivity contribution < 1.29 is 4.79 Å². The molecule has 1 amide bonds. The Bertz CT molecular complexity index is 916. The largest absolute Gasteiger partial charge is 0.338 e. The molecule has 1 aliphatic rings. The maximum absolute atomic E-state index is 13.0. The van der Waals surface area contributed by atoms with Crippen LogP contribution >= 0.6 is 11.3 Å². The number of hydrogen-bond acceptors (Lipinski definition) is 3. The van der Waals surface area contributed by atoms with Crippen LogP contribution < -0.4 is 0 Å². The van der Waals surface area contributed by atoms with Gasteiger partial charge >= 0.3 is 0 Å². The summed E-state index contributed by atoms with van der Waals surface area (Å²) in [4.78, 5) is 16.9. The summed E-state index contributed by atoms with van der Waals surface area (Å²) in [6, 6.07) is 10.3. The van der Waals surface area contributed by atoms with Gasteiger partial charge in [-0.2, -0.15) is 5.10 Å². The lowest BCUT2D eigenvalue weighted by atomic mass is 10.2. The van der Waals surface area contributed by atoms with Crippen molar-refractivity contribution in [1.29, 1.82) is 0 Å². The average Bonchev–Trinajstić information content (AvgIpc) is 3.04. The van der Waals surface area contributed by atoms with Gasteiger partial charge in [0.15, 0.2) is 0 Å². The molecule has 25 heavy (non-hydrogen) atoms. The summed E-state index contributed by atoms with van der Waals surface area (Å²) in [5.41, 5.74) is 3.24. The Morgan fingerprint density at radius 3 is 2.52 bits per heavy atom. The topological polar surface area (TPSA) is 38.1 Å². The smallest absolute Gasteiger partial charge is 0.264 e. The number of amides is 1. The van der Waals surface area contributed by atoms with Crippen molar-refractivity contribution in [2.24, 2.45) is 0 Å². The predicted octanol–water partition coefficient (Wildman–Crippen LogP) is 4.72. The minimum Gasteiger partial charge on any atom is -0.338 e. The molecular formula is C20H23N3OS. The number of likely N-dealkylation sites (tertiary alicyclic amines) is 1. The van der Waals surface area contributed by atoms with Gasteiger partial charge in [-0.25, -0.2) is 4.68 Å². The van der Waals surface area contributed by atoms with Crippen LogP contribution in [-0.4, -0.2) is 33.7 Å². The lowest BCUT2D eigenvalue weighted by Crippen LogP contribution is -2.31. The van der Waals surface area contributed by atoms with E-state index in [1.165, 1.54) is 18.4 Å². The van der Waals surface area contributed by atoms with E-state index in [2.05, 4.69) is 19.1 Å². The number of carbonyl (C=O) groups is 1. The first-order chi connectivity index (χ1) is 12.1. The number of thiophene rings is 1. The van der Waals surface area contributed by atoms with Crippen molar-refractivity contribution >= 4 is 27.5 Å². The van der Waals surface area contributed by atoms with Gasteiger partial charge in [0.1, 0.15) is 4.83 Å². The minimum atomic E-state index is 0.179. The Morgan fingerprint density at radius 2 is 1.80 bits per heavy atom. The Labute approximate surface area is 152 Å². The number of aryl methyl sites for hydroxylation is 2. The molecule has 0 bridgehead atoms. The third kappa shape index (κ3) is 2.97. The molecule has 0 unspecified atom stereocenters. The van der Waals surface area contributed by atoms with Crippen LogP contribution in [0.25, 0.3) is 15.9 Å². The van der Waals surface area contributed by atoms with Crippen LogP contribution in [0.3, 0.4) is 0 Å². The summed E-state index contributed by atoms with van der Waals surface area (Å²) >= 11 is 1.57. The van der Waals surface area contributed by atoms with Crippen LogP contribution in [0, 0.1) is 13.8 Å². The number of para-hydroxylation sites is 1. The van der Waals surface area contributed by atoms with E-state index in [1.54, 1.807) is 11.3 Å². The fraction of sp³-hybridized carbons (Fsp3) is 0.400. The van der Waals surface area contributed by atoms with Gasteiger partial charge in [0, 0.05) is 18.5 Å². The molecule has 0 aliphatic carbocycles. The van der Waals surface area contributed by atoms with Crippen molar-refractivity contribution in [3.63, 3.8) is 0 Å². The summed E-state index contributed by atoms with van der Waals surface area (Å²) in [7, 11) is 0. The lowest BCUT2D eigenvalue weighted by Gasteiger charge is -2.19. The minimum absolute atomic E-state index is 0.179. The molecule has 4 rings (SSSR count). The third-order valence-electron chi connectivity index (χ3n) is 4.99. The normalized spacial score (nSPS) is 15.5. The summed E-state index contributed by atoms with van der Waals surface area (Å²) in [5, 5.41) is 5.80. The summed E-state index contributed by atoms with van der Waals surface area (Å²) in [6.45, 7) is 5.88. The van der Waals surface area contributed by atoms with Gasteiger partial charge < -0.3 is 4.90 Å². The number of fused-ring (bicyclic) bond motifs is 1. The zero-order valence-electron chi connectivity index (χ0n) is 14.8. The highest BCUT2D eigenvalue weighted by molar-refractivity contribution is 7.20. The molecule has 3 aromatic rings. The SMILES string of the molecule is Cc1ccccc1-n1nc(C)c2cc(C(=O)N3CCCCCC3)sc21. The van der Waals surface area contributed by atoms with Gasteiger partial charge in [-0.3, -0.25) is 4.79 Å². The lowest BCUT2D eigenvalue weighted by molar-refractivity contribution is 0.0766. The molecule has 1 fully saturated rings. The molecule has 5 heteroatoms. The van der Waals surface area contributed by atoms with E-state index in [0.717, 1.165) is 52.4 Å². The van der Waals surface area contributed by atoms with Crippen molar-refractivity contribution in [2.75, 3.05) is 13.1 Å². The molecule has 3 heterocycles. The fourth-order valence-electron chi connectivity index (χ4n) is 3.55. The molecule has 0 atom stereocenters. The van der Waals surface area contributed by atoms with E-state index in [0.29, 0.717) is 0 Å². The van der Waals surface area contributed by atoms with E-state index >= 15 is 0 Å².